The minimum Gasteiger partial charge on any atom is -0.481 e. The summed E-state index contributed by atoms with van der Waals surface area (Å²) in [5, 5.41) is 9.48. The van der Waals surface area contributed by atoms with Gasteiger partial charge in [-0.1, -0.05) is 23.7 Å². The van der Waals surface area contributed by atoms with E-state index in [1.165, 1.54) is 0 Å². The van der Waals surface area contributed by atoms with E-state index in [0.717, 1.165) is 5.46 Å². The molecule has 1 N–H and O–H groups in total. The molecular formula is C15H20BClO4. The molecule has 1 aliphatic heterocycles. The Kier molecular flexibility index (Phi) is 4.13. The van der Waals surface area contributed by atoms with Crippen LogP contribution >= 0.6 is 11.6 Å². The fraction of sp³-hybridized carbons (Fsp3) is 0.533. The van der Waals surface area contributed by atoms with E-state index in [1.54, 1.807) is 19.1 Å². The molecule has 2 rings (SSSR count). The SMILES string of the molecule is CC(C(=O)O)c1ccc(B2OC(C)(C)C(C)(C)O2)cc1Cl. The third kappa shape index (κ3) is 2.96. The lowest BCUT2D eigenvalue weighted by molar-refractivity contribution is -0.138. The first-order valence-corrected chi connectivity index (χ1v) is 7.31. The Morgan fingerprint density at radius 2 is 1.76 bits per heavy atom. The number of rotatable bonds is 3. The second-order valence-electron chi connectivity index (χ2n) is 6.43. The summed E-state index contributed by atoms with van der Waals surface area (Å²) in [5.41, 5.74) is 0.540. The number of carbonyl (C=O) groups is 1. The molecule has 0 aliphatic carbocycles. The molecule has 0 bridgehead atoms. The number of aliphatic carboxylic acids is 1. The summed E-state index contributed by atoms with van der Waals surface area (Å²) in [6.45, 7) is 9.54. The van der Waals surface area contributed by atoms with Gasteiger partial charge in [-0.15, -0.1) is 0 Å². The molecule has 6 heteroatoms. The molecule has 0 spiro atoms. The van der Waals surface area contributed by atoms with E-state index in [4.69, 9.17) is 26.0 Å². The third-order valence-electron chi connectivity index (χ3n) is 4.39. The predicted molar refractivity (Wildman–Crippen MR) is 83.2 cm³/mol. The van der Waals surface area contributed by atoms with Crippen LogP contribution < -0.4 is 5.46 Å². The average molecular weight is 311 g/mol. The molecule has 1 aromatic rings. The van der Waals surface area contributed by atoms with Gasteiger partial charge in [0.1, 0.15) is 0 Å². The molecule has 114 valence electrons. The van der Waals surface area contributed by atoms with Crippen LogP contribution in [0.15, 0.2) is 18.2 Å². The first-order valence-electron chi connectivity index (χ1n) is 6.93. The van der Waals surface area contributed by atoms with Crippen molar-refractivity contribution in [1.29, 1.82) is 0 Å². The molecule has 0 amide bonds. The number of hydrogen-bond acceptors (Lipinski definition) is 3. The fourth-order valence-electron chi connectivity index (χ4n) is 2.15. The van der Waals surface area contributed by atoms with Gasteiger partial charge in [0, 0.05) is 5.02 Å². The summed E-state index contributed by atoms with van der Waals surface area (Å²) in [6, 6.07) is 5.25. The molecule has 1 unspecified atom stereocenters. The maximum absolute atomic E-state index is 11.1. The molecule has 1 heterocycles. The Bertz CT molecular complexity index is 555. The van der Waals surface area contributed by atoms with Crippen molar-refractivity contribution in [2.24, 2.45) is 0 Å². The van der Waals surface area contributed by atoms with Crippen LogP contribution in [0.4, 0.5) is 0 Å². The minimum atomic E-state index is -0.903. The largest absolute Gasteiger partial charge is 0.494 e. The van der Waals surface area contributed by atoms with Crippen LogP contribution in [0.5, 0.6) is 0 Å². The quantitative estimate of drug-likeness (QED) is 0.872. The number of benzene rings is 1. The van der Waals surface area contributed by atoms with E-state index in [-0.39, 0.29) is 0 Å². The lowest BCUT2D eigenvalue weighted by Crippen LogP contribution is -2.41. The van der Waals surface area contributed by atoms with Crippen molar-refractivity contribution >= 4 is 30.2 Å². The third-order valence-corrected chi connectivity index (χ3v) is 4.71. The number of carboxylic acid groups (broad SMARTS) is 1. The summed E-state index contributed by atoms with van der Waals surface area (Å²) < 4.78 is 11.9. The molecule has 1 atom stereocenters. The second-order valence-corrected chi connectivity index (χ2v) is 6.84. The fourth-order valence-corrected chi connectivity index (χ4v) is 2.51. The van der Waals surface area contributed by atoms with E-state index < -0.39 is 30.2 Å². The number of carboxylic acids is 1. The van der Waals surface area contributed by atoms with Crippen LogP contribution in [0.1, 0.15) is 46.1 Å². The molecule has 1 fully saturated rings. The highest BCUT2D eigenvalue weighted by atomic mass is 35.5. The highest BCUT2D eigenvalue weighted by Crippen LogP contribution is 2.36. The maximum atomic E-state index is 11.1. The molecule has 0 radical (unpaired) electrons. The molecule has 1 saturated heterocycles. The zero-order valence-corrected chi connectivity index (χ0v) is 13.7. The highest BCUT2D eigenvalue weighted by molar-refractivity contribution is 6.62. The number of halogens is 1. The van der Waals surface area contributed by atoms with Gasteiger partial charge in [-0.05, 0) is 51.7 Å². The topological polar surface area (TPSA) is 55.8 Å². The van der Waals surface area contributed by atoms with Gasteiger partial charge in [-0.3, -0.25) is 4.79 Å². The van der Waals surface area contributed by atoms with Gasteiger partial charge in [0.05, 0.1) is 17.1 Å². The van der Waals surface area contributed by atoms with Crippen molar-refractivity contribution in [1.82, 2.24) is 0 Å². The summed E-state index contributed by atoms with van der Waals surface area (Å²) in [4.78, 5) is 11.1. The van der Waals surface area contributed by atoms with Crippen LogP contribution in [0.3, 0.4) is 0 Å². The minimum absolute atomic E-state index is 0.414. The zero-order valence-electron chi connectivity index (χ0n) is 12.9. The van der Waals surface area contributed by atoms with Crippen molar-refractivity contribution in [3.8, 4) is 0 Å². The van der Waals surface area contributed by atoms with E-state index in [1.807, 2.05) is 33.8 Å². The van der Waals surface area contributed by atoms with Gasteiger partial charge >= 0.3 is 13.1 Å². The summed E-state index contributed by atoms with van der Waals surface area (Å²) >= 11 is 6.21. The molecule has 4 nitrogen and oxygen atoms in total. The van der Waals surface area contributed by atoms with Crippen molar-refractivity contribution in [3.63, 3.8) is 0 Å². The molecule has 1 aromatic carbocycles. The second kappa shape index (κ2) is 5.31. The normalized spacial score (nSPS) is 21.3. The van der Waals surface area contributed by atoms with Crippen molar-refractivity contribution in [2.45, 2.75) is 51.7 Å². The van der Waals surface area contributed by atoms with E-state index in [2.05, 4.69) is 0 Å². The van der Waals surface area contributed by atoms with Gasteiger partial charge < -0.3 is 14.4 Å². The Labute approximate surface area is 130 Å². The van der Waals surface area contributed by atoms with Crippen LogP contribution in [-0.2, 0) is 14.1 Å². The highest BCUT2D eigenvalue weighted by Gasteiger charge is 2.51. The average Bonchev–Trinajstić information content (AvgIpc) is 2.57. The molecule has 0 saturated carbocycles. The van der Waals surface area contributed by atoms with Gasteiger partial charge in [-0.25, -0.2) is 0 Å². The Balaban J connectivity index is 2.28. The predicted octanol–water partition coefficient (Wildman–Crippen LogP) is 2.83. The lowest BCUT2D eigenvalue weighted by Gasteiger charge is -2.32. The Morgan fingerprint density at radius 1 is 1.24 bits per heavy atom. The molecule has 1 aliphatic rings. The zero-order chi connectivity index (χ0) is 16.0. The first-order chi connectivity index (χ1) is 9.55. The summed E-state index contributed by atoms with van der Waals surface area (Å²) in [7, 11) is -0.498. The van der Waals surface area contributed by atoms with Crippen molar-refractivity contribution in [3.05, 3.63) is 28.8 Å². The molecule has 21 heavy (non-hydrogen) atoms. The van der Waals surface area contributed by atoms with E-state index in [0.29, 0.717) is 10.6 Å². The van der Waals surface area contributed by atoms with Crippen LogP contribution in [0, 0.1) is 0 Å². The van der Waals surface area contributed by atoms with E-state index >= 15 is 0 Å². The van der Waals surface area contributed by atoms with Gasteiger partial charge in [-0.2, -0.15) is 0 Å². The smallest absolute Gasteiger partial charge is 0.481 e. The number of hydrogen-bond donors (Lipinski definition) is 1. The van der Waals surface area contributed by atoms with Crippen LogP contribution in [-0.4, -0.2) is 29.4 Å². The van der Waals surface area contributed by atoms with Crippen LogP contribution in [0.2, 0.25) is 5.02 Å². The summed E-state index contributed by atoms with van der Waals surface area (Å²) in [5.74, 6) is -1.55. The van der Waals surface area contributed by atoms with Gasteiger partial charge in [0.2, 0.25) is 0 Å². The Hall–Kier alpha value is -1.04. The molecule has 0 aromatic heterocycles. The summed E-state index contributed by atoms with van der Waals surface area (Å²) in [6.07, 6.45) is 0. The standard InChI is InChI=1S/C15H20BClO4/c1-9(13(18)19)11-7-6-10(8-12(11)17)16-20-14(2,3)15(4,5)21-16/h6-9H,1-5H3,(H,18,19). The first kappa shape index (κ1) is 16.3. The van der Waals surface area contributed by atoms with Crippen LogP contribution in [0.25, 0.3) is 0 Å². The maximum Gasteiger partial charge on any atom is 0.494 e. The molecular weight excluding hydrogens is 290 g/mol. The van der Waals surface area contributed by atoms with Crippen molar-refractivity contribution < 1.29 is 19.2 Å². The monoisotopic (exact) mass is 310 g/mol. The lowest BCUT2D eigenvalue weighted by atomic mass is 9.78. The Morgan fingerprint density at radius 3 is 2.19 bits per heavy atom. The van der Waals surface area contributed by atoms with Gasteiger partial charge in [0.15, 0.2) is 0 Å². The van der Waals surface area contributed by atoms with E-state index in [9.17, 15) is 4.79 Å². The van der Waals surface area contributed by atoms with Crippen molar-refractivity contribution in [2.75, 3.05) is 0 Å². The van der Waals surface area contributed by atoms with Gasteiger partial charge in [0.25, 0.3) is 0 Å².